The molecule has 1 fully saturated rings. The van der Waals surface area contributed by atoms with Crippen LogP contribution in [-0.4, -0.2) is 47.9 Å². The molecule has 2 atom stereocenters. The first-order valence-electron chi connectivity index (χ1n) is 5.50. The molecule has 1 amide bonds. The van der Waals surface area contributed by atoms with E-state index < -0.39 is 6.09 Å². The molecule has 1 rings (SSSR count). The number of carboxylic acid groups (broad SMARTS) is 1. The Balaban J connectivity index is 2.36. The van der Waals surface area contributed by atoms with Crippen molar-refractivity contribution in [3.05, 3.63) is 0 Å². The van der Waals surface area contributed by atoms with Gasteiger partial charge in [0.2, 0.25) is 0 Å². The van der Waals surface area contributed by atoms with E-state index in [1.165, 1.54) is 4.90 Å². The van der Waals surface area contributed by atoms with Gasteiger partial charge in [0.25, 0.3) is 0 Å². The van der Waals surface area contributed by atoms with Crippen molar-refractivity contribution in [3.8, 4) is 0 Å². The average Bonchev–Trinajstić information content (AvgIpc) is 2.20. The van der Waals surface area contributed by atoms with Gasteiger partial charge in [-0.3, -0.25) is 0 Å². The van der Waals surface area contributed by atoms with Crippen molar-refractivity contribution < 1.29 is 14.6 Å². The second-order valence-corrected chi connectivity index (χ2v) is 3.94. The minimum absolute atomic E-state index is 0.0301. The fourth-order valence-corrected chi connectivity index (χ4v) is 1.66. The summed E-state index contributed by atoms with van der Waals surface area (Å²) in [6.45, 7) is 3.68. The summed E-state index contributed by atoms with van der Waals surface area (Å²) in [6, 6.07) is -0.0301. The summed E-state index contributed by atoms with van der Waals surface area (Å²) in [5, 5.41) is 8.84. The highest BCUT2D eigenvalue weighted by Crippen LogP contribution is 2.13. The van der Waals surface area contributed by atoms with Crippen molar-refractivity contribution in [2.45, 2.75) is 38.3 Å². The first kappa shape index (κ1) is 12.3. The summed E-state index contributed by atoms with van der Waals surface area (Å²) in [5.41, 5.74) is 5.88. The molecule has 0 aliphatic carbocycles. The van der Waals surface area contributed by atoms with E-state index in [4.69, 9.17) is 15.6 Å². The van der Waals surface area contributed by atoms with Crippen LogP contribution in [0, 0.1) is 0 Å². The number of nitrogens with two attached hydrogens (primary N) is 1. The molecule has 2 unspecified atom stereocenters. The van der Waals surface area contributed by atoms with Gasteiger partial charge in [-0.15, -0.1) is 0 Å². The number of likely N-dealkylation sites (tertiary alicyclic amines) is 1. The number of hydrogen-bond acceptors (Lipinski definition) is 3. The van der Waals surface area contributed by atoms with E-state index in [0.29, 0.717) is 26.1 Å². The third kappa shape index (κ3) is 3.68. The fourth-order valence-electron chi connectivity index (χ4n) is 1.66. The number of unbranched alkanes of at least 4 members (excludes halogenated alkanes) is 1. The van der Waals surface area contributed by atoms with Crippen molar-refractivity contribution >= 4 is 6.09 Å². The van der Waals surface area contributed by atoms with Crippen LogP contribution in [0.25, 0.3) is 0 Å². The molecule has 1 aliphatic rings. The normalized spacial score (nSPS) is 26.7. The maximum absolute atomic E-state index is 10.8. The maximum atomic E-state index is 10.8. The zero-order valence-electron chi connectivity index (χ0n) is 9.19. The first-order valence-corrected chi connectivity index (χ1v) is 5.50. The molecular weight excluding hydrogens is 196 g/mol. The topological polar surface area (TPSA) is 75.8 Å². The molecule has 1 saturated heterocycles. The molecule has 1 aliphatic heterocycles. The van der Waals surface area contributed by atoms with Gasteiger partial charge < -0.3 is 20.5 Å². The number of carbonyl (C=O) groups is 1. The second-order valence-electron chi connectivity index (χ2n) is 3.94. The standard InChI is InChI=1S/C10H20N2O3/c1-2-3-6-15-9-7-12(10(13)14)5-4-8(9)11/h8-9H,2-7,11H2,1H3,(H,13,14). The molecule has 5 heteroatoms. The van der Waals surface area contributed by atoms with Crippen molar-refractivity contribution in [1.82, 2.24) is 4.90 Å². The molecule has 1 heterocycles. The molecule has 0 aromatic rings. The highest BCUT2D eigenvalue weighted by atomic mass is 16.5. The molecule has 0 aromatic heterocycles. The Bertz CT molecular complexity index is 211. The monoisotopic (exact) mass is 216 g/mol. The van der Waals surface area contributed by atoms with Crippen LogP contribution in [-0.2, 0) is 4.74 Å². The molecule has 0 saturated carbocycles. The zero-order chi connectivity index (χ0) is 11.3. The third-order valence-electron chi connectivity index (χ3n) is 2.71. The fraction of sp³-hybridized carbons (Fsp3) is 0.900. The second kappa shape index (κ2) is 5.92. The van der Waals surface area contributed by atoms with Crippen molar-refractivity contribution in [1.29, 1.82) is 0 Å². The molecule has 15 heavy (non-hydrogen) atoms. The van der Waals surface area contributed by atoms with E-state index in [9.17, 15) is 4.79 Å². The molecule has 0 bridgehead atoms. The lowest BCUT2D eigenvalue weighted by Crippen LogP contribution is -2.53. The van der Waals surface area contributed by atoms with Crippen LogP contribution in [0.2, 0.25) is 0 Å². The Labute approximate surface area is 90.2 Å². The van der Waals surface area contributed by atoms with Crippen LogP contribution < -0.4 is 5.73 Å². The van der Waals surface area contributed by atoms with E-state index >= 15 is 0 Å². The number of nitrogens with zero attached hydrogens (tertiary/aromatic N) is 1. The van der Waals surface area contributed by atoms with E-state index in [1.807, 2.05) is 0 Å². The number of rotatable bonds is 4. The number of amides is 1. The molecule has 5 nitrogen and oxygen atoms in total. The number of piperidine rings is 1. The predicted octanol–water partition coefficient (Wildman–Crippen LogP) is 0.883. The van der Waals surface area contributed by atoms with Gasteiger partial charge in [-0.1, -0.05) is 13.3 Å². The van der Waals surface area contributed by atoms with Gasteiger partial charge in [-0.2, -0.15) is 0 Å². The smallest absolute Gasteiger partial charge is 0.407 e. The van der Waals surface area contributed by atoms with Gasteiger partial charge >= 0.3 is 6.09 Å². The molecule has 0 spiro atoms. The minimum Gasteiger partial charge on any atom is -0.465 e. The Morgan fingerprint density at radius 1 is 1.67 bits per heavy atom. The summed E-state index contributed by atoms with van der Waals surface area (Å²) in [6.07, 6.45) is 1.73. The van der Waals surface area contributed by atoms with Gasteiger partial charge in [-0.05, 0) is 12.8 Å². The van der Waals surface area contributed by atoms with Gasteiger partial charge in [0.05, 0.1) is 12.6 Å². The highest BCUT2D eigenvalue weighted by Gasteiger charge is 2.29. The van der Waals surface area contributed by atoms with Crippen molar-refractivity contribution in [2.24, 2.45) is 5.73 Å². The Morgan fingerprint density at radius 2 is 2.40 bits per heavy atom. The Hall–Kier alpha value is -0.810. The molecular formula is C10H20N2O3. The lowest BCUT2D eigenvalue weighted by atomic mass is 10.0. The molecule has 0 radical (unpaired) electrons. The van der Waals surface area contributed by atoms with E-state index in [0.717, 1.165) is 12.8 Å². The van der Waals surface area contributed by atoms with Gasteiger partial charge in [0, 0.05) is 19.2 Å². The summed E-state index contributed by atoms with van der Waals surface area (Å²) >= 11 is 0. The van der Waals surface area contributed by atoms with E-state index in [2.05, 4.69) is 6.92 Å². The lowest BCUT2D eigenvalue weighted by Gasteiger charge is -2.35. The Morgan fingerprint density at radius 3 is 3.00 bits per heavy atom. The van der Waals surface area contributed by atoms with E-state index in [1.54, 1.807) is 0 Å². The maximum Gasteiger partial charge on any atom is 0.407 e. The molecule has 3 N–H and O–H groups in total. The quantitative estimate of drug-likeness (QED) is 0.684. The third-order valence-corrected chi connectivity index (χ3v) is 2.71. The first-order chi connectivity index (χ1) is 7.15. The highest BCUT2D eigenvalue weighted by molar-refractivity contribution is 5.65. The van der Waals surface area contributed by atoms with Gasteiger partial charge in [0.15, 0.2) is 0 Å². The average molecular weight is 216 g/mol. The summed E-state index contributed by atoms with van der Waals surface area (Å²) < 4.78 is 5.59. The van der Waals surface area contributed by atoms with E-state index in [-0.39, 0.29) is 12.1 Å². The van der Waals surface area contributed by atoms with Crippen LogP contribution in [0.4, 0.5) is 4.79 Å². The van der Waals surface area contributed by atoms with Crippen LogP contribution in [0.15, 0.2) is 0 Å². The molecule has 0 aromatic carbocycles. The SMILES string of the molecule is CCCCOC1CN(C(=O)O)CCC1N. The molecule has 88 valence electrons. The van der Waals surface area contributed by atoms with Gasteiger partial charge in [-0.25, -0.2) is 4.79 Å². The lowest BCUT2D eigenvalue weighted by molar-refractivity contribution is -0.00983. The largest absolute Gasteiger partial charge is 0.465 e. The summed E-state index contributed by atoms with van der Waals surface area (Å²) in [4.78, 5) is 12.1. The number of hydrogen-bond donors (Lipinski definition) is 2. The van der Waals surface area contributed by atoms with Crippen molar-refractivity contribution in [2.75, 3.05) is 19.7 Å². The van der Waals surface area contributed by atoms with Crippen molar-refractivity contribution in [3.63, 3.8) is 0 Å². The summed E-state index contributed by atoms with van der Waals surface area (Å²) in [7, 11) is 0. The zero-order valence-corrected chi connectivity index (χ0v) is 9.19. The van der Waals surface area contributed by atoms with Crippen LogP contribution in [0.1, 0.15) is 26.2 Å². The minimum atomic E-state index is -0.883. The number of ether oxygens (including phenoxy) is 1. The van der Waals surface area contributed by atoms with Crippen LogP contribution >= 0.6 is 0 Å². The van der Waals surface area contributed by atoms with Crippen LogP contribution in [0.3, 0.4) is 0 Å². The Kier molecular flexibility index (Phi) is 4.84. The van der Waals surface area contributed by atoms with Crippen LogP contribution in [0.5, 0.6) is 0 Å². The predicted molar refractivity (Wildman–Crippen MR) is 56.8 cm³/mol. The van der Waals surface area contributed by atoms with Gasteiger partial charge in [0.1, 0.15) is 0 Å². The summed E-state index contributed by atoms with van der Waals surface area (Å²) in [5.74, 6) is 0.